The molecule has 0 amide bonds. The Morgan fingerprint density at radius 1 is 1.44 bits per heavy atom. The molecule has 1 aromatic rings. The number of nitrogen functional groups attached to an aromatic ring is 1. The van der Waals surface area contributed by atoms with Gasteiger partial charge in [0.15, 0.2) is 5.75 Å². The Morgan fingerprint density at radius 3 is 2.69 bits per heavy atom. The Morgan fingerprint density at radius 2 is 2.12 bits per heavy atom. The lowest BCUT2D eigenvalue weighted by atomic mass is 10.1. The molecule has 86 valence electrons. The van der Waals surface area contributed by atoms with Crippen molar-refractivity contribution in [3.63, 3.8) is 0 Å². The summed E-state index contributed by atoms with van der Waals surface area (Å²) in [7, 11) is 0. The molecule has 0 aromatic heterocycles. The second kappa shape index (κ2) is 5.38. The first kappa shape index (κ1) is 12.3. The van der Waals surface area contributed by atoms with Crippen LogP contribution < -0.4 is 16.2 Å². The number of para-hydroxylation sites is 1. The molecule has 0 heterocycles. The van der Waals surface area contributed by atoms with Crippen molar-refractivity contribution in [1.82, 2.24) is 0 Å². The maximum Gasteiger partial charge on any atom is 0.159 e. The summed E-state index contributed by atoms with van der Waals surface area (Å²) in [5.74, 6) is 0.761. The molecule has 4 N–H and O–H groups in total. The van der Waals surface area contributed by atoms with Gasteiger partial charge in [-0.3, -0.25) is 0 Å². The van der Waals surface area contributed by atoms with Crippen LogP contribution in [0.25, 0.3) is 0 Å². The first-order valence-electron chi connectivity index (χ1n) is 5.23. The number of benzene rings is 1. The zero-order valence-corrected chi connectivity index (χ0v) is 9.60. The minimum atomic E-state index is -0.0638. The molecule has 1 aromatic carbocycles. The van der Waals surface area contributed by atoms with Gasteiger partial charge in [0.25, 0.3) is 0 Å². The third-order valence-corrected chi connectivity index (χ3v) is 2.44. The third-order valence-electron chi connectivity index (χ3n) is 2.44. The maximum atomic E-state index is 8.90. The summed E-state index contributed by atoms with van der Waals surface area (Å²) in [6, 6.07) is 7.08. The Balaban J connectivity index is 2.78. The molecule has 1 rings (SSSR count). The first-order chi connectivity index (χ1) is 7.56. The predicted molar refractivity (Wildman–Crippen MR) is 63.9 cm³/mol. The highest BCUT2D eigenvalue weighted by molar-refractivity contribution is 5.60. The van der Waals surface area contributed by atoms with Gasteiger partial charge in [0.1, 0.15) is 12.7 Å². The zero-order valence-electron chi connectivity index (χ0n) is 9.60. The van der Waals surface area contributed by atoms with Gasteiger partial charge in [-0.25, -0.2) is 0 Å². The molecular weight excluding hydrogens is 202 g/mol. The molecule has 4 nitrogen and oxygen atoms in total. The molecule has 0 aliphatic heterocycles. The lowest BCUT2D eigenvalue weighted by molar-refractivity contribution is 0.260. The highest BCUT2D eigenvalue weighted by atomic mass is 16.5. The molecule has 0 aliphatic rings. The lowest BCUT2D eigenvalue weighted by Gasteiger charge is -2.17. The van der Waals surface area contributed by atoms with Gasteiger partial charge >= 0.3 is 0 Å². The standard InChI is InChI=1S/C12H17N3O/c1-8(2)11(15)7-16-12-9(6-13)4-3-5-10(12)14/h3-5,8,11H,7,14-15H2,1-2H3. The van der Waals surface area contributed by atoms with Gasteiger partial charge in [-0.15, -0.1) is 0 Å². The number of nitriles is 1. The Labute approximate surface area is 95.8 Å². The molecular formula is C12H17N3O. The highest BCUT2D eigenvalue weighted by Gasteiger charge is 2.12. The second-order valence-electron chi connectivity index (χ2n) is 4.05. The van der Waals surface area contributed by atoms with Crippen molar-refractivity contribution in [2.24, 2.45) is 11.7 Å². The van der Waals surface area contributed by atoms with Gasteiger partial charge in [-0.1, -0.05) is 19.9 Å². The third kappa shape index (κ3) is 2.88. The molecule has 0 radical (unpaired) electrons. The summed E-state index contributed by atoms with van der Waals surface area (Å²) < 4.78 is 5.51. The number of nitrogens with zero attached hydrogens (tertiary/aromatic N) is 1. The summed E-state index contributed by atoms with van der Waals surface area (Å²) in [6.45, 7) is 4.40. The Kier molecular flexibility index (Phi) is 4.15. The molecule has 0 aliphatic carbocycles. The van der Waals surface area contributed by atoms with Crippen molar-refractivity contribution < 1.29 is 4.74 Å². The Hall–Kier alpha value is -1.73. The van der Waals surface area contributed by atoms with E-state index in [4.69, 9.17) is 21.5 Å². The molecule has 0 spiro atoms. The van der Waals surface area contributed by atoms with Crippen LogP contribution in [0.1, 0.15) is 19.4 Å². The van der Waals surface area contributed by atoms with Crippen LogP contribution >= 0.6 is 0 Å². The second-order valence-corrected chi connectivity index (χ2v) is 4.05. The smallest absolute Gasteiger partial charge is 0.159 e. The number of rotatable bonds is 4. The van der Waals surface area contributed by atoms with E-state index in [0.717, 1.165) is 0 Å². The van der Waals surface area contributed by atoms with Gasteiger partial charge < -0.3 is 16.2 Å². The van der Waals surface area contributed by atoms with E-state index in [0.29, 0.717) is 29.5 Å². The van der Waals surface area contributed by atoms with E-state index >= 15 is 0 Å². The number of hydrogen-bond donors (Lipinski definition) is 2. The van der Waals surface area contributed by atoms with Gasteiger partial charge in [-0.05, 0) is 18.1 Å². The van der Waals surface area contributed by atoms with E-state index in [9.17, 15) is 0 Å². The minimum Gasteiger partial charge on any atom is -0.488 e. The quantitative estimate of drug-likeness (QED) is 0.751. The van der Waals surface area contributed by atoms with E-state index < -0.39 is 0 Å². The Bertz CT molecular complexity index is 396. The van der Waals surface area contributed by atoms with Crippen molar-refractivity contribution in [1.29, 1.82) is 5.26 Å². The SMILES string of the molecule is CC(C)C(N)COc1c(N)cccc1C#N. The average Bonchev–Trinajstić information content (AvgIpc) is 2.26. The number of ether oxygens (including phenoxy) is 1. The topological polar surface area (TPSA) is 85.1 Å². The highest BCUT2D eigenvalue weighted by Crippen LogP contribution is 2.25. The van der Waals surface area contributed by atoms with Crippen molar-refractivity contribution >= 4 is 5.69 Å². The number of hydrogen-bond acceptors (Lipinski definition) is 4. The van der Waals surface area contributed by atoms with Crippen molar-refractivity contribution in [2.75, 3.05) is 12.3 Å². The number of anilines is 1. The molecule has 4 heteroatoms. The van der Waals surface area contributed by atoms with E-state index in [1.807, 2.05) is 19.9 Å². The maximum absolute atomic E-state index is 8.90. The fourth-order valence-electron chi connectivity index (χ4n) is 1.18. The summed E-state index contributed by atoms with van der Waals surface area (Å²) >= 11 is 0. The largest absolute Gasteiger partial charge is 0.488 e. The van der Waals surface area contributed by atoms with Crippen LogP contribution in [0, 0.1) is 17.2 Å². The normalized spacial score (nSPS) is 12.2. The molecule has 16 heavy (non-hydrogen) atoms. The van der Waals surface area contributed by atoms with Gasteiger partial charge in [0, 0.05) is 6.04 Å². The molecule has 0 saturated carbocycles. The van der Waals surface area contributed by atoms with Gasteiger partial charge in [0.05, 0.1) is 11.3 Å². The van der Waals surface area contributed by atoms with E-state index in [1.165, 1.54) is 0 Å². The minimum absolute atomic E-state index is 0.0638. The van der Waals surface area contributed by atoms with Crippen LogP contribution in [0.5, 0.6) is 5.75 Å². The molecule has 0 saturated heterocycles. The van der Waals surface area contributed by atoms with Crippen LogP contribution in [0.15, 0.2) is 18.2 Å². The fourth-order valence-corrected chi connectivity index (χ4v) is 1.18. The molecule has 1 unspecified atom stereocenters. The summed E-state index contributed by atoms with van der Waals surface area (Å²) in [5.41, 5.74) is 12.5. The van der Waals surface area contributed by atoms with E-state index in [2.05, 4.69) is 0 Å². The fraction of sp³-hybridized carbons (Fsp3) is 0.417. The summed E-state index contributed by atoms with van der Waals surface area (Å²) in [6.07, 6.45) is 0. The summed E-state index contributed by atoms with van der Waals surface area (Å²) in [4.78, 5) is 0. The summed E-state index contributed by atoms with van der Waals surface area (Å²) in [5, 5.41) is 8.90. The van der Waals surface area contributed by atoms with Gasteiger partial charge in [-0.2, -0.15) is 5.26 Å². The molecule has 0 bridgehead atoms. The predicted octanol–water partition coefficient (Wildman–Crippen LogP) is 1.50. The van der Waals surface area contributed by atoms with E-state index in [1.54, 1.807) is 18.2 Å². The van der Waals surface area contributed by atoms with Crippen molar-refractivity contribution in [3.8, 4) is 11.8 Å². The van der Waals surface area contributed by atoms with Crippen LogP contribution in [0.4, 0.5) is 5.69 Å². The number of nitrogens with two attached hydrogens (primary N) is 2. The monoisotopic (exact) mass is 219 g/mol. The van der Waals surface area contributed by atoms with Crippen LogP contribution in [-0.2, 0) is 0 Å². The van der Waals surface area contributed by atoms with Crippen LogP contribution in [0.3, 0.4) is 0 Å². The van der Waals surface area contributed by atoms with Gasteiger partial charge in [0.2, 0.25) is 0 Å². The molecule has 1 atom stereocenters. The first-order valence-corrected chi connectivity index (χ1v) is 5.23. The van der Waals surface area contributed by atoms with Crippen LogP contribution in [0.2, 0.25) is 0 Å². The van der Waals surface area contributed by atoms with Crippen LogP contribution in [-0.4, -0.2) is 12.6 Å². The van der Waals surface area contributed by atoms with Crippen molar-refractivity contribution in [3.05, 3.63) is 23.8 Å². The zero-order chi connectivity index (χ0) is 12.1. The molecule has 0 fully saturated rings. The lowest BCUT2D eigenvalue weighted by Crippen LogP contribution is -2.33. The van der Waals surface area contributed by atoms with E-state index in [-0.39, 0.29) is 6.04 Å². The van der Waals surface area contributed by atoms with Crippen molar-refractivity contribution in [2.45, 2.75) is 19.9 Å². The average molecular weight is 219 g/mol.